The van der Waals surface area contributed by atoms with Crippen molar-refractivity contribution in [2.24, 2.45) is 0 Å². The van der Waals surface area contributed by atoms with Gasteiger partial charge in [0.15, 0.2) is 0 Å². The molecule has 2 aromatic carbocycles. The number of aromatic nitrogens is 1. The lowest BCUT2D eigenvalue weighted by atomic mass is 9.93. The Kier molecular flexibility index (Phi) is 6.68. The first-order valence-corrected chi connectivity index (χ1v) is 11.0. The fourth-order valence-electron chi connectivity index (χ4n) is 4.68. The van der Waals surface area contributed by atoms with Gasteiger partial charge in [0.1, 0.15) is 18.8 Å². The largest absolute Gasteiger partial charge is 0.497 e. The van der Waals surface area contributed by atoms with E-state index in [0.717, 1.165) is 31.4 Å². The number of hydrogen-bond donors (Lipinski definition) is 1. The second-order valence-electron chi connectivity index (χ2n) is 8.31. The van der Waals surface area contributed by atoms with Gasteiger partial charge < -0.3 is 14.2 Å². The molecule has 0 aliphatic heterocycles. The summed E-state index contributed by atoms with van der Waals surface area (Å²) in [6, 6.07) is 24.6. The predicted molar refractivity (Wildman–Crippen MR) is 118 cm³/mol. The van der Waals surface area contributed by atoms with Gasteiger partial charge in [0.2, 0.25) is 0 Å². The molecule has 1 fully saturated rings. The fraction of sp³-hybridized carbons (Fsp3) is 0.385. The zero-order valence-corrected chi connectivity index (χ0v) is 17.5. The summed E-state index contributed by atoms with van der Waals surface area (Å²) in [6.45, 7) is 3.07. The molecule has 1 aliphatic rings. The molecule has 1 unspecified atom stereocenters. The van der Waals surface area contributed by atoms with E-state index in [9.17, 15) is 0 Å². The molecular weight excluding hydrogens is 356 g/mol. The van der Waals surface area contributed by atoms with Crippen molar-refractivity contribution in [2.75, 3.05) is 7.11 Å². The van der Waals surface area contributed by atoms with Crippen molar-refractivity contribution < 1.29 is 9.64 Å². The number of benzene rings is 2. The van der Waals surface area contributed by atoms with Crippen LogP contribution in [0.3, 0.4) is 0 Å². The zero-order chi connectivity index (χ0) is 19.9. The lowest BCUT2D eigenvalue weighted by Gasteiger charge is -2.32. The third kappa shape index (κ3) is 5.30. The van der Waals surface area contributed by atoms with E-state index in [1.54, 1.807) is 12.0 Å². The lowest BCUT2D eigenvalue weighted by molar-refractivity contribution is -0.953. The third-order valence-electron chi connectivity index (χ3n) is 6.28. The molecule has 1 aromatic heterocycles. The Balaban J connectivity index is 1.53. The van der Waals surface area contributed by atoms with E-state index >= 15 is 0 Å². The molecule has 1 atom stereocenters. The van der Waals surface area contributed by atoms with Gasteiger partial charge in [-0.1, -0.05) is 48.9 Å². The first kappa shape index (κ1) is 19.8. The van der Waals surface area contributed by atoms with Gasteiger partial charge >= 0.3 is 0 Å². The van der Waals surface area contributed by atoms with Gasteiger partial charge in [-0.15, -0.1) is 0 Å². The highest BCUT2D eigenvalue weighted by Gasteiger charge is 2.26. The molecule has 1 aliphatic carbocycles. The number of methoxy groups -OCH3 is 1. The minimum Gasteiger partial charge on any atom is -0.497 e. The maximum absolute atomic E-state index is 5.46. The predicted octanol–water partition coefficient (Wildman–Crippen LogP) is 4.46. The topological polar surface area (TPSA) is 18.6 Å². The van der Waals surface area contributed by atoms with Crippen molar-refractivity contribution in [1.82, 2.24) is 4.57 Å². The Labute approximate surface area is 174 Å². The van der Waals surface area contributed by atoms with Crippen molar-refractivity contribution in [3.8, 4) is 5.75 Å². The van der Waals surface area contributed by atoms with Crippen LogP contribution in [-0.2, 0) is 19.6 Å². The number of ether oxygens (including phenoxy) is 1. The van der Waals surface area contributed by atoms with E-state index < -0.39 is 0 Å². The summed E-state index contributed by atoms with van der Waals surface area (Å²) >= 11 is 0. The Morgan fingerprint density at radius 2 is 1.66 bits per heavy atom. The van der Waals surface area contributed by atoms with E-state index in [2.05, 4.69) is 71.4 Å². The summed E-state index contributed by atoms with van der Waals surface area (Å²) < 4.78 is 7.88. The van der Waals surface area contributed by atoms with E-state index in [1.165, 1.54) is 48.9 Å². The maximum atomic E-state index is 5.46. The van der Waals surface area contributed by atoms with Crippen LogP contribution in [0.5, 0.6) is 5.75 Å². The molecule has 1 saturated carbocycles. The van der Waals surface area contributed by atoms with Crippen molar-refractivity contribution in [1.29, 1.82) is 0 Å². The molecule has 0 bridgehead atoms. The molecule has 4 rings (SSSR count). The standard InChI is InChI=1S/C26H32N2O/c1-29-26-16-8-12-23(18-26)20-28(24-13-6-3-7-14-24)21-25-15-9-17-27(25)19-22-10-4-2-5-11-22/h2,4-5,8-12,15-18,24H,3,6-7,13-14,19-21H2,1H3/p+1. The van der Waals surface area contributed by atoms with Gasteiger partial charge in [0.05, 0.1) is 18.8 Å². The van der Waals surface area contributed by atoms with Crippen molar-refractivity contribution in [3.63, 3.8) is 0 Å². The Morgan fingerprint density at radius 1 is 0.862 bits per heavy atom. The number of quaternary nitrogens is 1. The van der Waals surface area contributed by atoms with Crippen molar-refractivity contribution in [2.45, 2.75) is 57.8 Å². The van der Waals surface area contributed by atoms with E-state index in [1.807, 2.05) is 6.07 Å². The van der Waals surface area contributed by atoms with Gasteiger partial charge in [-0.2, -0.15) is 0 Å². The summed E-state index contributed by atoms with van der Waals surface area (Å²) in [5.41, 5.74) is 4.15. The maximum Gasteiger partial charge on any atom is 0.119 e. The minimum atomic E-state index is 0.745. The third-order valence-corrected chi connectivity index (χ3v) is 6.28. The second kappa shape index (κ2) is 9.80. The number of hydrogen-bond acceptors (Lipinski definition) is 1. The first-order chi connectivity index (χ1) is 14.3. The molecule has 3 aromatic rings. The smallest absolute Gasteiger partial charge is 0.119 e. The van der Waals surface area contributed by atoms with E-state index in [0.29, 0.717) is 0 Å². The second-order valence-corrected chi connectivity index (χ2v) is 8.31. The average Bonchev–Trinajstić information content (AvgIpc) is 3.21. The summed E-state index contributed by atoms with van der Waals surface area (Å²) in [5, 5.41) is 0. The van der Waals surface area contributed by atoms with Crippen LogP contribution < -0.4 is 9.64 Å². The van der Waals surface area contributed by atoms with Crippen LogP contribution in [0.25, 0.3) is 0 Å². The molecule has 0 saturated heterocycles. The highest BCUT2D eigenvalue weighted by Crippen LogP contribution is 2.18. The average molecular weight is 390 g/mol. The fourth-order valence-corrected chi connectivity index (χ4v) is 4.68. The Hall–Kier alpha value is -2.52. The molecule has 1 N–H and O–H groups in total. The van der Waals surface area contributed by atoms with Crippen molar-refractivity contribution in [3.05, 3.63) is 89.7 Å². The quantitative estimate of drug-likeness (QED) is 0.602. The van der Waals surface area contributed by atoms with Crippen LogP contribution in [0.15, 0.2) is 72.9 Å². The van der Waals surface area contributed by atoms with E-state index in [-0.39, 0.29) is 0 Å². The lowest BCUT2D eigenvalue weighted by Crippen LogP contribution is -3.13. The monoisotopic (exact) mass is 389 g/mol. The first-order valence-electron chi connectivity index (χ1n) is 11.0. The van der Waals surface area contributed by atoms with Crippen LogP contribution in [-0.4, -0.2) is 17.7 Å². The molecule has 152 valence electrons. The van der Waals surface area contributed by atoms with Gasteiger partial charge in [-0.05, 0) is 55.5 Å². The molecular formula is C26H33N2O+. The van der Waals surface area contributed by atoms with Gasteiger partial charge in [0.25, 0.3) is 0 Å². The summed E-state index contributed by atoms with van der Waals surface area (Å²) in [4.78, 5) is 1.69. The van der Waals surface area contributed by atoms with Gasteiger partial charge in [-0.25, -0.2) is 0 Å². The normalized spacial score (nSPS) is 15.9. The van der Waals surface area contributed by atoms with Crippen LogP contribution in [0, 0.1) is 0 Å². The summed E-state index contributed by atoms with van der Waals surface area (Å²) in [5.74, 6) is 0.956. The summed E-state index contributed by atoms with van der Waals surface area (Å²) in [7, 11) is 1.75. The van der Waals surface area contributed by atoms with Crippen LogP contribution >= 0.6 is 0 Å². The molecule has 3 nitrogen and oxygen atoms in total. The number of nitrogens with zero attached hydrogens (tertiary/aromatic N) is 1. The van der Waals surface area contributed by atoms with Crippen molar-refractivity contribution >= 4 is 0 Å². The summed E-state index contributed by atoms with van der Waals surface area (Å²) in [6.07, 6.45) is 9.06. The molecule has 29 heavy (non-hydrogen) atoms. The van der Waals surface area contributed by atoms with E-state index in [4.69, 9.17) is 4.74 Å². The zero-order valence-electron chi connectivity index (χ0n) is 17.5. The van der Waals surface area contributed by atoms with Crippen LogP contribution in [0.1, 0.15) is 48.9 Å². The number of nitrogens with one attached hydrogen (secondary N) is 1. The molecule has 0 spiro atoms. The molecule has 0 amide bonds. The highest BCUT2D eigenvalue weighted by atomic mass is 16.5. The Bertz CT molecular complexity index is 880. The SMILES string of the molecule is COc1cccc(C[NH+](Cc2cccn2Cc2ccccc2)C2CCCCC2)c1. The Morgan fingerprint density at radius 3 is 2.45 bits per heavy atom. The van der Waals surface area contributed by atoms with Crippen LogP contribution in [0.4, 0.5) is 0 Å². The molecule has 3 heteroatoms. The van der Waals surface area contributed by atoms with Gasteiger partial charge in [-0.3, -0.25) is 0 Å². The highest BCUT2D eigenvalue weighted by molar-refractivity contribution is 5.27. The molecule has 0 radical (unpaired) electrons. The number of rotatable bonds is 8. The van der Waals surface area contributed by atoms with Crippen LogP contribution in [0.2, 0.25) is 0 Å². The van der Waals surface area contributed by atoms with Gasteiger partial charge in [0, 0.05) is 18.3 Å². The molecule has 1 heterocycles. The minimum absolute atomic E-state index is 0.745.